The molecule has 3 aromatic heterocycles. The van der Waals surface area contributed by atoms with Gasteiger partial charge in [-0.2, -0.15) is 15.0 Å². The average molecular weight is 363 g/mol. The largest absolute Gasteiger partial charge is 0.465 e. The third-order valence-electron chi connectivity index (χ3n) is 3.05. The molecule has 0 amide bonds. The summed E-state index contributed by atoms with van der Waals surface area (Å²) in [6.45, 7) is 2.89. The number of halogens is 1. The van der Waals surface area contributed by atoms with E-state index in [9.17, 15) is 0 Å². The van der Waals surface area contributed by atoms with Gasteiger partial charge in [-0.3, -0.25) is 4.98 Å². The van der Waals surface area contributed by atoms with Gasteiger partial charge in [0.25, 0.3) is 6.01 Å². The lowest BCUT2D eigenvalue weighted by molar-refractivity contribution is 0.292. The van der Waals surface area contributed by atoms with E-state index < -0.39 is 0 Å². The zero-order valence-corrected chi connectivity index (χ0v) is 14.5. The fourth-order valence-electron chi connectivity index (χ4n) is 2.00. The second-order valence-electron chi connectivity index (χ2n) is 4.74. The first-order valence-electron chi connectivity index (χ1n) is 7.34. The Bertz CT molecular complexity index is 867. The summed E-state index contributed by atoms with van der Waals surface area (Å²) in [6, 6.07) is 0.392. The van der Waals surface area contributed by atoms with Gasteiger partial charge in [-0.25, -0.2) is 4.98 Å². The van der Waals surface area contributed by atoms with Crippen LogP contribution in [0, 0.1) is 11.8 Å². The number of nitrogens with one attached hydrogen (secondary N) is 2. The number of hydrogen-bond acceptors (Lipinski definition) is 7. The van der Waals surface area contributed by atoms with Crippen molar-refractivity contribution in [1.29, 1.82) is 0 Å². The number of H-pyrrole nitrogens is 1. The van der Waals surface area contributed by atoms with Crippen molar-refractivity contribution < 1.29 is 4.74 Å². The van der Waals surface area contributed by atoms with E-state index in [4.69, 9.17) is 16.3 Å². The molecule has 124 valence electrons. The van der Waals surface area contributed by atoms with E-state index in [1.807, 2.05) is 12.3 Å². The van der Waals surface area contributed by atoms with Crippen LogP contribution < -0.4 is 10.1 Å². The summed E-state index contributed by atoms with van der Waals surface area (Å²) in [5.74, 6) is 6.39. The highest BCUT2D eigenvalue weighted by Gasteiger charge is 2.13. The molecule has 9 heteroatoms. The summed E-state index contributed by atoms with van der Waals surface area (Å²) in [4.78, 5) is 20.0. The smallest absolute Gasteiger partial charge is 0.295 e. The van der Waals surface area contributed by atoms with Gasteiger partial charge in [-0.1, -0.05) is 0 Å². The number of unbranched alkanes of at least 4 members (excludes halogenated alkanes) is 1. The van der Waals surface area contributed by atoms with Crippen molar-refractivity contribution in [1.82, 2.24) is 24.9 Å². The van der Waals surface area contributed by atoms with Crippen molar-refractivity contribution in [3.63, 3.8) is 0 Å². The van der Waals surface area contributed by atoms with Crippen molar-refractivity contribution in [3.05, 3.63) is 21.9 Å². The highest BCUT2D eigenvalue weighted by Crippen LogP contribution is 2.23. The Morgan fingerprint density at radius 2 is 2.29 bits per heavy atom. The molecule has 0 aliphatic carbocycles. The lowest BCUT2D eigenvalue weighted by atomic mass is 10.3. The van der Waals surface area contributed by atoms with Crippen LogP contribution in [0.2, 0.25) is 5.28 Å². The van der Waals surface area contributed by atoms with E-state index in [1.165, 1.54) is 0 Å². The zero-order valence-electron chi connectivity index (χ0n) is 13.0. The highest BCUT2D eigenvalue weighted by atomic mass is 35.5. The van der Waals surface area contributed by atoms with Crippen LogP contribution in [0.5, 0.6) is 6.01 Å². The van der Waals surface area contributed by atoms with E-state index >= 15 is 0 Å². The number of thiazole rings is 1. The second-order valence-corrected chi connectivity index (χ2v) is 6.06. The van der Waals surface area contributed by atoms with Crippen molar-refractivity contribution in [2.75, 3.05) is 11.9 Å². The molecule has 2 N–H and O–H groups in total. The molecule has 0 aliphatic heterocycles. The molecular weight excluding hydrogens is 348 g/mol. The lowest BCUT2D eigenvalue weighted by Gasteiger charge is -2.03. The summed E-state index contributed by atoms with van der Waals surface area (Å²) in [7, 11) is 0. The van der Waals surface area contributed by atoms with Crippen LogP contribution >= 0.6 is 22.9 Å². The van der Waals surface area contributed by atoms with Crippen molar-refractivity contribution in [3.8, 4) is 17.9 Å². The molecule has 0 saturated heterocycles. The molecule has 0 spiro atoms. The number of anilines is 1. The Balaban J connectivity index is 1.72. The van der Waals surface area contributed by atoms with Crippen LogP contribution in [0.15, 0.2) is 11.6 Å². The number of nitrogens with zero attached hydrogens (tertiary/aromatic N) is 4. The summed E-state index contributed by atoms with van der Waals surface area (Å²) >= 11 is 7.54. The molecule has 3 heterocycles. The number of aromatic nitrogens is 5. The first-order valence-corrected chi connectivity index (χ1v) is 8.60. The average Bonchev–Trinajstić information content (AvgIpc) is 3.21. The van der Waals surface area contributed by atoms with Crippen molar-refractivity contribution in [2.45, 2.75) is 26.3 Å². The van der Waals surface area contributed by atoms with E-state index in [0.717, 1.165) is 17.8 Å². The minimum Gasteiger partial charge on any atom is -0.465 e. The minimum absolute atomic E-state index is 0.137. The maximum absolute atomic E-state index is 5.98. The third kappa shape index (κ3) is 4.13. The quantitative estimate of drug-likeness (QED) is 0.381. The van der Waals surface area contributed by atoms with Gasteiger partial charge in [0.2, 0.25) is 5.28 Å². The van der Waals surface area contributed by atoms with Crippen LogP contribution in [0.1, 0.15) is 24.8 Å². The predicted octanol–water partition coefficient (Wildman–Crippen LogP) is 3.26. The Morgan fingerprint density at radius 1 is 1.38 bits per heavy atom. The summed E-state index contributed by atoms with van der Waals surface area (Å²) in [5.41, 5.74) is 1.11. The van der Waals surface area contributed by atoms with E-state index in [2.05, 4.69) is 42.1 Å². The van der Waals surface area contributed by atoms with Gasteiger partial charge < -0.3 is 10.1 Å². The Hall–Kier alpha value is -2.37. The molecule has 0 aliphatic rings. The van der Waals surface area contributed by atoms with E-state index in [-0.39, 0.29) is 5.28 Å². The van der Waals surface area contributed by atoms with Crippen molar-refractivity contribution >= 4 is 39.9 Å². The maximum atomic E-state index is 5.98. The number of aromatic amines is 1. The molecule has 0 fully saturated rings. The maximum Gasteiger partial charge on any atom is 0.295 e. The van der Waals surface area contributed by atoms with Crippen LogP contribution in [-0.4, -0.2) is 31.5 Å². The molecule has 24 heavy (non-hydrogen) atoms. The number of ether oxygens (including phenoxy) is 1. The molecular formula is C15H15ClN6OS. The molecule has 0 unspecified atom stereocenters. The van der Waals surface area contributed by atoms with Crippen molar-refractivity contribution in [2.24, 2.45) is 0 Å². The first-order chi connectivity index (χ1) is 11.8. The summed E-state index contributed by atoms with van der Waals surface area (Å²) < 4.78 is 5.60. The fourth-order valence-corrected chi connectivity index (χ4v) is 2.72. The summed E-state index contributed by atoms with van der Waals surface area (Å²) in [5, 5.41) is 6.19. The Kier molecular flexibility index (Phi) is 5.46. The topological polar surface area (TPSA) is 88.6 Å². The van der Waals surface area contributed by atoms with Crippen LogP contribution in [0.4, 0.5) is 5.82 Å². The van der Waals surface area contributed by atoms with Crippen LogP contribution in [-0.2, 0) is 6.54 Å². The van der Waals surface area contributed by atoms with Gasteiger partial charge in [-0.05, 0) is 24.9 Å². The SMILES string of the molecule is CC#CCCCOc1nc2c(NCc3nccs3)nc(Cl)nc2[nH]1. The zero-order chi connectivity index (χ0) is 16.8. The molecule has 0 atom stereocenters. The third-order valence-corrected chi connectivity index (χ3v) is 4.00. The number of fused-ring (bicyclic) bond motifs is 1. The van der Waals surface area contributed by atoms with Crippen LogP contribution in [0.25, 0.3) is 11.2 Å². The Morgan fingerprint density at radius 3 is 3.08 bits per heavy atom. The van der Waals surface area contributed by atoms with Gasteiger partial charge in [0.15, 0.2) is 17.0 Å². The molecule has 3 rings (SSSR count). The van der Waals surface area contributed by atoms with E-state index in [1.54, 1.807) is 17.5 Å². The fraction of sp³-hybridized carbons (Fsp3) is 0.333. The van der Waals surface area contributed by atoms with Gasteiger partial charge in [0, 0.05) is 18.0 Å². The molecule has 0 aromatic carbocycles. The molecule has 7 nitrogen and oxygen atoms in total. The number of rotatable bonds is 7. The molecule has 0 bridgehead atoms. The highest BCUT2D eigenvalue weighted by molar-refractivity contribution is 7.09. The second kappa shape index (κ2) is 7.95. The van der Waals surface area contributed by atoms with E-state index in [0.29, 0.717) is 36.1 Å². The first kappa shape index (κ1) is 16.5. The van der Waals surface area contributed by atoms with Gasteiger partial charge >= 0.3 is 0 Å². The molecule has 0 radical (unpaired) electrons. The predicted molar refractivity (Wildman–Crippen MR) is 94.3 cm³/mol. The van der Waals surface area contributed by atoms with Crippen LogP contribution in [0.3, 0.4) is 0 Å². The lowest BCUT2D eigenvalue weighted by Crippen LogP contribution is -2.03. The molecule has 0 saturated carbocycles. The monoisotopic (exact) mass is 362 g/mol. The normalized spacial score (nSPS) is 10.4. The Labute approximate surface area is 147 Å². The van der Waals surface area contributed by atoms with Gasteiger partial charge in [0.1, 0.15) is 5.01 Å². The summed E-state index contributed by atoms with van der Waals surface area (Å²) in [6.07, 6.45) is 3.39. The standard InChI is InChI=1S/C15H15ClN6OS/c1-2-3-4-5-7-23-15-19-11-12(18-9-10-17-6-8-24-10)20-14(16)21-13(11)22-15/h6,8H,4-5,7,9H2,1H3,(H2,18,19,20,21,22). The van der Waals surface area contributed by atoms with Gasteiger partial charge in [-0.15, -0.1) is 23.2 Å². The number of imidazole rings is 1. The number of hydrogen-bond donors (Lipinski definition) is 2. The minimum atomic E-state index is 0.137. The molecule has 3 aromatic rings. The van der Waals surface area contributed by atoms with Gasteiger partial charge in [0.05, 0.1) is 13.2 Å².